The maximum absolute atomic E-state index is 6.18. The van der Waals surface area contributed by atoms with E-state index >= 15 is 0 Å². The van der Waals surface area contributed by atoms with Crippen LogP contribution in [-0.2, 0) is 24.8 Å². The number of ether oxygens (including phenoxy) is 1. The van der Waals surface area contributed by atoms with E-state index in [0.29, 0.717) is 11.9 Å². The van der Waals surface area contributed by atoms with Crippen LogP contribution in [0.4, 0.5) is 0 Å². The summed E-state index contributed by atoms with van der Waals surface area (Å²) in [6.07, 6.45) is 3.70. The maximum atomic E-state index is 6.18. The van der Waals surface area contributed by atoms with E-state index in [4.69, 9.17) is 16.3 Å². The second kappa shape index (κ2) is 6.19. The Morgan fingerprint density at radius 1 is 1.10 bits per heavy atom. The molecule has 0 N–H and O–H groups in total. The van der Waals surface area contributed by atoms with Crippen LogP contribution >= 0.6 is 27.5 Å². The molecule has 0 unspecified atom stereocenters. The van der Waals surface area contributed by atoms with Gasteiger partial charge in [0, 0.05) is 15.9 Å². The minimum Gasteiger partial charge on any atom is -0.489 e. The van der Waals surface area contributed by atoms with Gasteiger partial charge in [-0.2, -0.15) is 0 Å². The molecule has 0 saturated heterocycles. The fraction of sp³-hybridized carbons (Fsp3) is 0.294. The van der Waals surface area contributed by atoms with Crippen LogP contribution in [0.3, 0.4) is 0 Å². The zero-order valence-corrected chi connectivity index (χ0v) is 13.5. The molecule has 1 aliphatic rings. The molecule has 0 atom stereocenters. The molecule has 1 aliphatic carbocycles. The average Bonchev–Trinajstić information content (AvgIpc) is 2.92. The molecule has 0 amide bonds. The molecule has 104 valence electrons. The third kappa shape index (κ3) is 2.87. The SMILES string of the molecule is Clc1cccc(OCc2ccc3c(c2)CCC3)c1CBr. The third-order valence-corrected chi connectivity index (χ3v) is 4.68. The van der Waals surface area contributed by atoms with Crippen LogP contribution < -0.4 is 4.74 Å². The minimum absolute atomic E-state index is 0.591. The van der Waals surface area contributed by atoms with Crippen LogP contribution in [0.1, 0.15) is 28.7 Å². The van der Waals surface area contributed by atoms with Crippen LogP contribution in [-0.4, -0.2) is 0 Å². The first-order valence-corrected chi connectivity index (χ1v) is 8.34. The Balaban J connectivity index is 1.75. The van der Waals surface area contributed by atoms with Gasteiger partial charge >= 0.3 is 0 Å². The smallest absolute Gasteiger partial charge is 0.125 e. The first-order chi connectivity index (χ1) is 9.78. The molecular formula is C17H16BrClO. The Morgan fingerprint density at radius 3 is 2.80 bits per heavy atom. The normalized spacial score (nSPS) is 13.3. The van der Waals surface area contributed by atoms with Crippen molar-refractivity contribution in [2.75, 3.05) is 0 Å². The summed E-state index contributed by atoms with van der Waals surface area (Å²) in [7, 11) is 0. The molecule has 20 heavy (non-hydrogen) atoms. The monoisotopic (exact) mass is 350 g/mol. The molecular weight excluding hydrogens is 336 g/mol. The molecule has 0 aromatic heterocycles. The second-order valence-electron chi connectivity index (χ2n) is 5.10. The Labute approximate surface area is 133 Å². The van der Waals surface area contributed by atoms with Gasteiger partial charge in [0.2, 0.25) is 0 Å². The van der Waals surface area contributed by atoms with E-state index in [1.54, 1.807) is 0 Å². The lowest BCUT2D eigenvalue weighted by molar-refractivity contribution is 0.304. The lowest BCUT2D eigenvalue weighted by atomic mass is 10.1. The topological polar surface area (TPSA) is 9.23 Å². The van der Waals surface area contributed by atoms with Gasteiger partial charge in [-0.05, 0) is 48.1 Å². The van der Waals surface area contributed by atoms with E-state index in [1.807, 2.05) is 18.2 Å². The lowest BCUT2D eigenvalue weighted by Gasteiger charge is -2.12. The van der Waals surface area contributed by atoms with Gasteiger partial charge in [-0.15, -0.1) is 0 Å². The van der Waals surface area contributed by atoms with E-state index < -0.39 is 0 Å². The predicted molar refractivity (Wildman–Crippen MR) is 86.9 cm³/mol. The highest BCUT2D eigenvalue weighted by Crippen LogP contribution is 2.29. The van der Waals surface area contributed by atoms with Crippen LogP contribution in [0.15, 0.2) is 36.4 Å². The highest BCUT2D eigenvalue weighted by atomic mass is 79.9. The highest BCUT2D eigenvalue weighted by molar-refractivity contribution is 9.08. The second-order valence-corrected chi connectivity index (χ2v) is 6.06. The molecule has 1 nitrogen and oxygen atoms in total. The number of rotatable bonds is 4. The van der Waals surface area contributed by atoms with Crippen LogP contribution in [0.25, 0.3) is 0 Å². The number of hydrogen-bond acceptors (Lipinski definition) is 1. The fourth-order valence-electron chi connectivity index (χ4n) is 2.68. The van der Waals surface area contributed by atoms with Crippen molar-refractivity contribution in [2.45, 2.75) is 31.2 Å². The Bertz CT molecular complexity index is 624. The molecule has 2 aromatic carbocycles. The van der Waals surface area contributed by atoms with Crippen molar-refractivity contribution in [3.05, 3.63) is 63.7 Å². The average molecular weight is 352 g/mol. The van der Waals surface area contributed by atoms with Crippen molar-refractivity contribution < 1.29 is 4.74 Å². The van der Waals surface area contributed by atoms with Gasteiger partial charge in [0.1, 0.15) is 12.4 Å². The van der Waals surface area contributed by atoms with Crippen LogP contribution in [0.5, 0.6) is 5.75 Å². The largest absolute Gasteiger partial charge is 0.489 e. The zero-order valence-electron chi connectivity index (χ0n) is 11.2. The van der Waals surface area contributed by atoms with Crippen LogP contribution in [0, 0.1) is 0 Å². The molecule has 0 aliphatic heterocycles. The van der Waals surface area contributed by atoms with E-state index in [2.05, 4.69) is 34.1 Å². The first-order valence-electron chi connectivity index (χ1n) is 6.85. The molecule has 0 bridgehead atoms. The molecule has 0 radical (unpaired) electrons. The summed E-state index contributed by atoms with van der Waals surface area (Å²) in [5.41, 5.74) is 5.22. The zero-order chi connectivity index (χ0) is 13.9. The Hall–Kier alpha value is -0.990. The van der Waals surface area contributed by atoms with Crippen molar-refractivity contribution in [1.82, 2.24) is 0 Å². The summed E-state index contributed by atoms with van der Waals surface area (Å²) < 4.78 is 5.94. The van der Waals surface area contributed by atoms with E-state index in [-0.39, 0.29) is 0 Å². The molecule has 3 heteroatoms. The molecule has 0 fully saturated rings. The minimum atomic E-state index is 0.591. The quantitative estimate of drug-likeness (QED) is 0.679. The third-order valence-electron chi connectivity index (χ3n) is 3.77. The number of halogens is 2. The van der Waals surface area contributed by atoms with Gasteiger partial charge in [0.05, 0.1) is 0 Å². The summed E-state index contributed by atoms with van der Waals surface area (Å²) in [5, 5.41) is 1.44. The standard InChI is InChI=1S/C17H16BrClO/c18-10-15-16(19)5-2-6-17(15)20-11-12-7-8-13-3-1-4-14(13)9-12/h2,5-9H,1,3-4,10-11H2. The molecule has 0 heterocycles. The lowest BCUT2D eigenvalue weighted by Crippen LogP contribution is -1.99. The molecule has 2 aromatic rings. The molecule has 0 spiro atoms. The van der Waals surface area contributed by atoms with Gasteiger partial charge < -0.3 is 4.74 Å². The van der Waals surface area contributed by atoms with Crippen molar-refractivity contribution in [2.24, 2.45) is 0 Å². The number of hydrogen-bond donors (Lipinski definition) is 0. The van der Waals surface area contributed by atoms with E-state index in [0.717, 1.165) is 16.3 Å². The number of aryl methyl sites for hydroxylation is 2. The number of benzene rings is 2. The van der Waals surface area contributed by atoms with Gasteiger partial charge in [-0.3, -0.25) is 0 Å². The summed E-state index contributed by atoms with van der Waals surface area (Å²) in [6, 6.07) is 12.5. The van der Waals surface area contributed by atoms with Gasteiger partial charge in [0.15, 0.2) is 0 Å². The molecule has 0 saturated carbocycles. The highest BCUT2D eigenvalue weighted by Gasteiger charge is 2.11. The Morgan fingerprint density at radius 2 is 1.95 bits per heavy atom. The van der Waals surface area contributed by atoms with E-state index in [9.17, 15) is 0 Å². The fourth-order valence-corrected chi connectivity index (χ4v) is 3.65. The predicted octanol–water partition coefficient (Wildman–Crippen LogP) is 5.30. The maximum Gasteiger partial charge on any atom is 0.125 e. The summed E-state index contributed by atoms with van der Waals surface area (Å²) >= 11 is 9.64. The first kappa shape index (κ1) is 14.0. The van der Waals surface area contributed by atoms with Crippen molar-refractivity contribution in [1.29, 1.82) is 0 Å². The van der Waals surface area contributed by atoms with Crippen molar-refractivity contribution >= 4 is 27.5 Å². The van der Waals surface area contributed by atoms with Gasteiger partial charge in [-0.1, -0.05) is 51.8 Å². The van der Waals surface area contributed by atoms with Crippen molar-refractivity contribution in [3.8, 4) is 5.75 Å². The van der Waals surface area contributed by atoms with Crippen LogP contribution in [0.2, 0.25) is 5.02 Å². The van der Waals surface area contributed by atoms with Gasteiger partial charge in [-0.25, -0.2) is 0 Å². The number of alkyl halides is 1. The summed E-state index contributed by atoms with van der Waals surface area (Å²) in [6.45, 7) is 0.591. The number of fused-ring (bicyclic) bond motifs is 1. The summed E-state index contributed by atoms with van der Waals surface area (Å²) in [4.78, 5) is 0. The summed E-state index contributed by atoms with van der Waals surface area (Å²) in [5.74, 6) is 0.856. The Kier molecular flexibility index (Phi) is 4.32. The van der Waals surface area contributed by atoms with E-state index in [1.165, 1.54) is 36.0 Å². The van der Waals surface area contributed by atoms with Gasteiger partial charge in [0.25, 0.3) is 0 Å². The molecule has 3 rings (SSSR count). The van der Waals surface area contributed by atoms with Crippen molar-refractivity contribution in [3.63, 3.8) is 0 Å².